The monoisotopic (exact) mass is 322 g/mol. The van der Waals surface area contributed by atoms with Crippen molar-refractivity contribution in [2.45, 2.75) is 26.2 Å². The van der Waals surface area contributed by atoms with E-state index >= 15 is 0 Å². The molecule has 0 radical (unpaired) electrons. The summed E-state index contributed by atoms with van der Waals surface area (Å²) in [5, 5.41) is 1.34. The predicted octanol–water partition coefficient (Wildman–Crippen LogP) is 4.16. The number of nitrogens with one attached hydrogen (secondary N) is 1. The summed E-state index contributed by atoms with van der Waals surface area (Å²) < 4.78 is 5.23. The number of rotatable bonds is 3. The topological polar surface area (TPSA) is 49.2 Å². The molecule has 3 heterocycles. The van der Waals surface area contributed by atoms with Crippen molar-refractivity contribution in [3.05, 3.63) is 59.7 Å². The lowest BCUT2D eigenvalue weighted by Gasteiger charge is -2.31. The number of nitrogens with zero attached hydrogens (tertiary/aromatic N) is 1. The number of H-pyrrole nitrogens is 1. The normalized spacial score (nSPS) is 16.0. The van der Waals surface area contributed by atoms with E-state index in [4.69, 9.17) is 4.42 Å². The van der Waals surface area contributed by atoms with Crippen LogP contribution in [0.3, 0.4) is 0 Å². The fourth-order valence-electron chi connectivity index (χ4n) is 3.78. The van der Waals surface area contributed by atoms with Gasteiger partial charge in [0.05, 0.1) is 6.26 Å². The molecule has 1 aromatic carbocycles. The van der Waals surface area contributed by atoms with Gasteiger partial charge in [-0.3, -0.25) is 4.79 Å². The fourth-order valence-corrected chi connectivity index (χ4v) is 3.78. The molecule has 1 fully saturated rings. The van der Waals surface area contributed by atoms with Gasteiger partial charge in [-0.15, -0.1) is 0 Å². The van der Waals surface area contributed by atoms with Crippen molar-refractivity contribution in [1.29, 1.82) is 0 Å². The van der Waals surface area contributed by atoms with E-state index in [9.17, 15) is 4.79 Å². The molecule has 0 spiro atoms. The van der Waals surface area contributed by atoms with Gasteiger partial charge in [0.1, 0.15) is 0 Å². The van der Waals surface area contributed by atoms with Crippen LogP contribution in [0.2, 0.25) is 0 Å². The molecular weight excluding hydrogens is 300 g/mol. The second kappa shape index (κ2) is 6.19. The van der Waals surface area contributed by atoms with Crippen LogP contribution in [0.25, 0.3) is 10.9 Å². The molecule has 4 rings (SSSR count). The van der Waals surface area contributed by atoms with E-state index < -0.39 is 0 Å². The van der Waals surface area contributed by atoms with Crippen molar-refractivity contribution < 1.29 is 9.21 Å². The van der Waals surface area contributed by atoms with Gasteiger partial charge in [-0.1, -0.05) is 18.2 Å². The summed E-state index contributed by atoms with van der Waals surface area (Å²) in [6.45, 7) is 3.78. The summed E-state index contributed by atoms with van der Waals surface area (Å²) in [5.41, 5.74) is 3.92. The number of hydrogen-bond acceptors (Lipinski definition) is 2. The van der Waals surface area contributed by atoms with Gasteiger partial charge in [-0.25, -0.2) is 0 Å². The highest BCUT2D eigenvalue weighted by Gasteiger charge is 2.26. The lowest BCUT2D eigenvalue weighted by molar-refractivity contribution is 0.0658. The van der Waals surface area contributed by atoms with Crippen LogP contribution in [0.15, 0.2) is 47.1 Å². The van der Waals surface area contributed by atoms with Crippen molar-refractivity contribution >= 4 is 16.8 Å². The first-order valence-corrected chi connectivity index (χ1v) is 8.61. The molecule has 1 saturated heterocycles. The summed E-state index contributed by atoms with van der Waals surface area (Å²) in [5.74, 6) is 1.09. The zero-order valence-corrected chi connectivity index (χ0v) is 13.9. The number of piperidine rings is 1. The van der Waals surface area contributed by atoms with Gasteiger partial charge in [0.2, 0.25) is 0 Å². The maximum Gasteiger partial charge on any atom is 0.289 e. The van der Waals surface area contributed by atoms with E-state index in [1.807, 2.05) is 4.90 Å². The van der Waals surface area contributed by atoms with Crippen LogP contribution >= 0.6 is 0 Å². The molecular formula is C20H22N2O2. The van der Waals surface area contributed by atoms with Gasteiger partial charge >= 0.3 is 0 Å². The number of aromatic amines is 1. The number of hydrogen-bond donors (Lipinski definition) is 1. The Morgan fingerprint density at radius 2 is 2.00 bits per heavy atom. The number of likely N-dealkylation sites (tertiary alicyclic amines) is 1. The van der Waals surface area contributed by atoms with Crippen LogP contribution in [0.5, 0.6) is 0 Å². The zero-order chi connectivity index (χ0) is 16.5. The van der Waals surface area contributed by atoms with E-state index in [1.165, 1.54) is 22.2 Å². The van der Waals surface area contributed by atoms with E-state index in [2.05, 4.69) is 36.2 Å². The second-order valence-corrected chi connectivity index (χ2v) is 6.69. The Kier molecular flexibility index (Phi) is 3.89. The Bertz CT molecular complexity index is 840. The van der Waals surface area contributed by atoms with Crippen LogP contribution < -0.4 is 0 Å². The minimum Gasteiger partial charge on any atom is -0.459 e. The lowest BCUT2D eigenvalue weighted by Crippen LogP contribution is -2.38. The average Bonchev–Trinajstić information content (AvgIpc) is 3.24. The molecule has 0 unspecified atom stereocenters. The summed E-state index contributed by atoms with van der Waals surface area (Å²) in [7, 11) is 0. The van der Waals surface area contributed by atoms with Crippen molar-refractivity contribution in [2.75, 3.05) is 13.1 Å². The van der Waals surface area contributed by atoms with E-state index in [0.29, 0.717) is 11.7 Å². The third kappa shape index (κ3) is 2.73. The number of aromatic nitrogens is 1. The molecule has 4 nitrogen and oxygen atoms in total. The van der Waals surface area contributed by atoms with Crippen LogP contribution in [-0.2, 0) is 6.42 Å². The second-order valence-electron chi connectivity index (χ2n) is 6.69. The molecule has 1 amide bonds. The first kappa shape index (κ1) is 15.1. The number of benzene rings is 1. The number of aryl methyl sites for hydroxylation is 1. The molecule has 2 aromatic heterocycles. The maximum absolute atomic E-state index is 12.3. The van der Waals surface area contributed by atoms with Crippen LogP contribution in [0.1, 0.15) is 34.7 Å². The number of para-hydroxylation sites is 1. The quantitative estimate of drug-likeness (QED) is 0.787. The molecule has 0 aliphatic carbocycles. The molecule has 24 heavy (non-hydrogen) atoms. The third-order valence-electron chi connectivity index (χ3n) is 5.15. The Morgan fingerprint density at radius 3 is 2.75 bits per heavy atom. The van der Waals surface area contributed by atoms with Crippen molar-refractivity contribution in [1.82, 2.24) is 9.88 Å². The first-order valence-electron chi connectivity index (χ1n) is 8.61. The SMILES string of the molecule is Cc1[nH]c2ccccc2c1CC1CCN(C(=O)c2ccco2)CC1. The number of amides is 1. The average molecular weight is 322 g/mol. The van der Waals surface area contributed by atoms with E-state index in [1.54, 1.807) is 18.4 Å². The summed E-state index contributed by atoms with van der Waals surface area (Å²) in [6, 6.07) is 12.0. The molecule has 1 N–H and O–H groups in total. The van der Waals surface area contributed by atoms with Gasteiger partial charge in [0.25, 0.3) is 5.91 Å². The smallest absolute Gasteiger partial charge is 0.289 e. The summed E-state index contributed by atoms with van der Waals surface area (Å²) in [6.07, 6.45) is 4.73. The molecule has 124 valence electrons. The molecule has 3 aromatic rings. The number of carbonyl (C=O) groups excluding carboxylic acids is 1. The van der Waals surface area contributed by atoms with Crippen molar-refractivity contribution in [2.24, 2.45) is 5.92 Å². The van der Waals surface area contributed by atoms with Crippen LogP contribution in [-0.4, -0.2) is 28.9 Å². The molecule has 0 saturated carbocycles. The highest BCUT2D eigenvalue weighted by atomic mass is 16.3. The minimum absolute atomic E-state index is 0.0155. The highest BCUT2D eigenvalue weighted by molar-refractivity contribution is 5.91. The lowest BCUT2D eigenvalue weighted by atomic mass is 9.89. The number of carbonyl (C=O) groups is 1. The number of fused-ring (bicyclic) bond motifs is 1. The van der Waals surface area contributed by atoms with E-state index in [0.717, 1.165) is 32.4 Å². The van der Waals surface area contributed by atoms with Crippen LogP contribution in [0, 0.1) is 12.8 Å². The van der Waals surface area contributed by atoms with Gasteiger partial charge < -0.3 is 14.3 Å². The highest BCUT2D eigenvalue weighted by Crippen LogP contribution is 2.29. The Morgan fingerprint density at radius 1 is 1.21 bits per heavy atom. The van der Waals surface area contributed by atoms with Crippen molar-refractivity contribution in [3.63, 3.8) is 0 Å². The van der Waals surface area contributed by atoms with Gasteiger partial charge in [0, 0.05) is 29.7 Å². The predicted molar refractivity (Wildman–Crippen MR) is 94.1 cm³/mol. The first-order chi connectivity index (χ1) is 11.7. The number of furan rings is 1. The zero-order valence-electron chi connectivity index (χ0n) is 13.9. The molecule has 1 aliphatic heterocycles. The Balaban J connectivity index is 1.43. The standard InChI is InChI=1S/C20H22N2O2/c1-14-17(16-5-2-3-6-18(16)21-14)13-15-8-10-22(11-9-15)20(23)19-7-4-12-24-19/h2-7,12,15,21H,8-11,13H2,1H3. The Labute approximate surface area is 141 Å². The Hall–Kier alpha value is -2.49. The van der Waals surface area contributed by atoms with Gasteiger partial charge in [-0.2, -0.15) is 0 Å². The molecule has 1 aliphatic rings. The fraction of sp³-hybridized carbons (Fsp3) is 0.350. The van der Waals surface area contributed by atoms with Crippen molar-refractivity contribution in [3.8, 4) is 0 Å². The molecule has 0 atom stereocenters. The minimum atomic E-state index is 0.0155. The molecule has 0 bridgehead atoms. The summed E-state index contributed by atoms with van der Waals surface area (Å²) in [4.78, 5) is 17.7. The maximum atomic E-state index is 12.3. The molecule has 4 heteroatoms. The van der Waals surface area contributed by atoms with Crippen LogP contribution in [0.4, 0.5) is 0 Å². The largest absolute Gasteiger partial charge is 0.459 e. The van der Waals surface area contributed by atoms with Gasteiger partial charge in [-0.05, 0) is 55.9 Å². The van der Waals surface area contributed by atoms with E-state index in [-0.39, 0.29) is 5.91 Å². The third-order valence-corrected chi connectivity index (χ3v) is 5.15. The van der Waals surface area contributed by atoms with Gasteiger partial charge in [0.15, 0.2) is 5.76 Å². The summed E-state index contributed by atoms with van der Waals surface area (Å²) >= 11 is 0.